The maximum atomic E-state index is 14.6. The van der Waals surface area contributed by atoms with Crippen molar-refractivity contribution in [2.75, 3.05) is 39.3 Å². The molecule has 3 fully saturated rings. The van der Waals surface area contributed by atoms with E-state index in [1.807, 2.05) is 0 Å². The van der Waals surface area contributed by atoms with Crippen LogP contribution in [-0.4, -0.2) is 66.9 Å². The van der Waals surface area contributed by atoms with Crippen LogP contribution in [0.5, 0.6) is 0 Å². The number of carbonyl (C=O) groups is 1. The molecule has 2 saturated heterocycles. The van der Waals surface area contributed by atoms with Crippen molar-refractivity contribution in [3.8, 4) is 0 Å². The van der Waals surface area contributed by atoms with Crippen LogP contribution in [0.15, 0.2) is 36.4 Å². The molecule has 0 radical (unpaired) electrons. The Morgan fingerprint density at radius 2 is 1.76 bits per heavy atom. The quantitative estimate of drug-likeness (QED) is 0.317. The predicted octanol–water partition coefficient (Wildman–Crippen LogP) is 7.14. The first-order chi connectivity index (χ1) is 20.4. The normalized spacial score (nSPS) is 24.9. The van der Waals surface area contributed by atoms with Crippen molar-refractivity contribution in [1.82, 2.24) is 15.1 Å². The van der Waals surface area contributed by atoms with E-state index in [1.54, 1.807) is 12.1 Å². The van der Waals surface area contributed by atoms with Gasteiger partial charge in [0.2, 0.25) is 0 Å². The summed E-state index contributed by atoms with van der Waals surface area (Å²) < 4.78 is 14.6. The third-order valence-electron chi connectivity index (χ3n) is 10.6. The van der Waals surface area contributed by atoms with Crippen molar-refractivity contribution in [2.24, 2.45) is 0 Å². The fourth-order valence-electron chi connectivity index (χ4n) is 7.93. The van der Waals surface area contributed by atoms with E-state index in [4.69, 9.17) is 11.6 Å². The molecule has 2 aliphatic heterocycles. The van der Waals surface area contributed by atoms with Gasteiger partial charge < -0.3 is 10.2 Å². The first-order valence-electron chi connectivity index (χ1n) is 16.7. The van der Waals surface area contributed by atoms with Crippen molar-refractivity contribution < 1.29 is 9.18 Å². The predicted molar refractivity (Wildman–Crippen MR) is 172 cm³/mol. The number of ketones is 1. The Hall–Kier alpha value is -1.79. The van der Waals surface area contributed by atoms with Crippen molar-refractivity contribution in [2.45, 2.75) is 108 Å². The highest BCUT2D eigenvalue weighted by atomic mass is 35.5. The number of nitrogens with zero attached hydrogens (tertiary/aromatic N) is 2. The second-order valence-corrected chi connectivity index (χ2v) is 13.5. The number of hydrogen-bond acceptors (Lipinski definition) is 4. The monoisotopic (exact) mass is 595 g/mol. The molecule has 6 heteroatoms. The molecule has 0 aromatic heterocycles. The largest absolute Gasteiger partial charge is 0.307 e. The molecule has 1 aliphatic carbocycles. The Labute approximate surface area is 258 Å². The van der Waals surface area contributed by atoms with Crippen LogP contribution in [0.2, 0.25) is 5.02 Å². The number of rotatable bonds is 10. The van der Waals surface area contributed by atoms with Crippen LogP contribution < -0.4 is 5.32 Å². The number of nitrogens with one attached hydrogen (secondary N) is 1. The standard InChI is InChI=1S/C36H51ClFN3O/c1-3-27-14-15-29(24-28(27)4-2)36(17-19-40-20-22-41(23-21-40)30-10-6-5-7-11-30)16-9-18-39-34(26-36)35(42)25-31-32(37)12-8-13-33(31)38/h8,12-15,24,30,34,39H,3-7,9-11,16-23,25-26H2,1-2H3. The highest BCUT2D eigenvalue weighted by Gasteiger charge is 2.39. The van der Waals surface area contributed by atoms with Gasteiger partial charge in [0, 0.05) is 49.2 Å². The van der Waals surface area contributed by atoms with Gasteiger partial charge in [-0.2, -0.15) is 0 Å². The summed E-state index contributed by atoms with van der Waals surface area (Å²) >= 11 is 6.33. The van der Waals surface area contributed by atoms with Gasteiger partial charge in [0.15, 0.2) is 5.78 Å². The second kappa shape index (κ2) is 14.8. The molecule has 5 rings (SSSR count). The molecule has 42 heavy (non-hydrogen) atoms. The van der Waals surface area contributed by atoms with E-state index in [1.165, 1.54) is 68.0 Å². The van der Waals surface area contributed by atoms with Crippen molar-refractivity contribution in [1.29, 1.82) is 0 Å². The molecule has 3 aliphatic rings. The minimum absolute atomic E-state index is 0.0252. The van der Waals surface area contributed by atoms with E-state index >= 15 is 0 Å². The van der Waals surface area contributed by atoms with Gasteiger partial charge in [-0.05, 0) is 98.7 Å². The summed E-state index contributed by atoms with van der Waals surface area (Å²) in [6.45, 7) is 10.9. The lowest BCUT2D eigenvalue weighted by Gasteiger charge is -2.42. The summed E-state index contributed by atoms with van der Waals surface area (Å²) in [5, 5.41) is 3.89. The molecule has 2 atom stereocenters. The Balaban J connectivity index is 1.35. The van der Waals surface area contributed by atoms with Gasteiger partial charge in [-0.25, -0.2) is 4.39 Å². The van der Waals surface area contributed by atoms with E-state index in [9.17, 15) is 9.18 Å². The second-order valence-electron chi connectivity index (χ2n) is 13.0. The van der Waals surface area contributed by atoms with Crippen LogP contribution in [0.25, 0.3) is 0 Å². The van der Waals surface area contributed by atoms with Crippen LogP contribution in [0.3, 0.4) is 0 Å². The summed E-state index contributed by atoms with van der Waals surface area (Å²) in [7, 11) is 0. The van der Waals surface area contributed by atoms with E-state index in [2.05, 4.69) is 47.2 Å². The van der Waals surface area contributed by atoms with Gasteiger partial charge in [-0.1, -0.05) is 69.0 Å². The van der Waals surface area contributed by atoms with Crippen LogP contribution in [-0.2, 0) is 29.5 Å². The van der Waals surface area contributed by atoms with E-state index in [-0.39, 0.29) is 23.7 Å². The summed E-state index contributed by atoms with van der Waals surface area (Å²) in [5.74, 6) is -0.360. The lowest BCUT2D eigenvalue weighted by atomic mass is 9.69. The lowest BCUT2D eigenvalue weighted by Crippen LogP contribution is -2.51. The average Bonchev–Trinajstić information content (AvgIpc) is 3.26. The van der Waals surface area contributed by atoms with Crippen molar-refractivity contribution >= 4 is 17.4 Å². The summed E-state index contributed by atoms with van der Waals surface area (Å²) in [6.07, 6.45) is 12.9. The maximum absolute atomic E-state index is 14.6. The van der Waals surface area contributed by atoms with Crippen LogP contribution in [0, 0.1) is 5.82 Å². The van der Waals surface area contributed by atoms with Crippen molar-refractivity contribution in [3.05, 3.63) is 69.5 Å². The number of benzene rings is 2. The smallest absolute Gasteiger partial charge is 0.154 e. The molecule has 1 saturated carbocycles. The lowest BCUT2D eigenvalue weighted by molar-refractivity contribution is -0.120. The Morgan fingerprint density at radius 1 is 1.00 bits per heavy atom. The molecule has 2 unspecified atom stereocenters. The molecule has 1 N–H and O–H groups in total. The Kier molecular flexibility index (Phi) is 11.1. The summed E-state index contributed by atoms with van der Waals surface area (Å²) in [5.41, 5.74) is 4.44. The van der Waals surface area contributed by atoms with Gasteiger partial charge in [0.05, 0.1) is 6.04 Å². The number of halogens is 2. The van der Waals surface area contributed by atoms with Crippen LogP contribution >= 0.6 is 11.6 Å². The average molecular weight is 596 g/mol. The molecule has 2 heterocycles. The zero-order valence-electron chi connectivity index (χ0n) is 25.9. The molecule has 0 spiro atoms. The first kappa shape index (κ1) is 31.6. The topological polar surface area (TPSA) is 35.6 Å². The van der Waals surface area contributed by atoms with E-state index in [0.717, 1.165) is 70.7 Å². The summed E-state index contributed by atoms with van der Waals surface area (Å²) in [6, 6.07) is 12.3. The van der Waals surface area contributed by atoms with Crippen LogP contribution in [0.4, 0.5) is 4.39 Å². The minimum Gasteiger partial charge on any atom is -0.307 e. The molecule has 0 bridgehead atoms. The Bertz CT molecular complexity index is 1170. The first-order valence-corrected chi connectivity index (χ1v) is 17.1. The van der Waals surface area contributed by atoms with Gasteiger partial charge in [-0.15, -0.1) is 0 Å². The molecule has 230 valence electrons. The fourth-order valence-corrected chi connectivity index (χ4v) is 8.16. The number of piperazine rings is 1. The van der Waals surface area contributed by atoms with E-state index in [0.29, 0.717) is 10.6 Å². The van der Waals surface area contributed by atoms with Crippen molar-refractivity contribution in [3.63, 3.8) is 0 Å². The highest BCUT2D eigenvalue weighted by molar-refractivity contribution is 6.31. The van der Waals surface area contributed by atoms with Gasteiger partial charge >= 0.3 is 0 Å². The molecule has 2 aromatic carbocycles. The zero-order chi connectivity index (χ0) is 29.5. The Morgan fingerprint density at radius 3 is 2.48 bits per heavy atom. The van der Waals surface area contributed by atoms with Gasteiger partial charge in [0.25, 0.3) is 0 Å². The fraction of sp³-hybridized carbons (Fsp3) is 0.639. The minimum atomic E-state index is -0.397. The number of Topliss-reactive ketones (excluding diaryl/α,β-unsaturated/α-hetero) is 1. The molecular weight excluding hydrogens is 545 g/mol. The van der Waals surface area contributed by atoms with Gasteiger partial charge in [0.1, 0.15) is 5.82 Å². The number of carbonyl (C=O) groups excluding carboxylic acids is 1. The van der Waals surface area contributed by atoms with Crippen LogP contribution in [0.1, 0.15) is 93.9 Å². The van der Waals surface area contributed by atoms with Gasteiger partial charge in [-0.3, -0.25) is 9.69 Å². The third kappa shape index (κ3) is 7.46. The molecular formula is C36H51ClFN3O. The summed E-state index contributed by atoms with van der Waals surface area (Å²) in [4.78, 5) is 19.2. The zero-order valence-corrected chi connectivity index (χ0v) is 26.7. The van der Waals surface area contributed by atoms with E-state index < -0.39 is 5.82 Å². The maximum Gasteiger partial charge on any atom is 0.154 e. The number of hydrogen-bond donors (Lipinski definition) is 1. The number of aryl methyl sites for hydroxylation is 2. The third-order valence-corrected chi connectivity index (χ3v) is 11.0. The molecule has 4 nitrogen and oxygen atoms in total. The molecule has 0 amide bonds. The highest BCUT2D eigenvalue weighted by Crippen LogP contribution is 2.41. The SMILES string of the molecule is CCc1ccc(C2(CCN3CCN(C4CCCCC4)CC3)CCCNC(C(=O)Cc3c(F)cccc3Cl)C2)cc1CC. The molecule has 2 aromatic rings.